The second-order valence-corrected chi connectivity index (χ2v) is 9.36. The van der Waals surface area contributed by atoms with Crippen molar-refractivity contribution in [2.24, 2.45) is 12.8 Å². The number of aromatic nitrogens is 4. The molecule has 1 fully saturated rings. The molecule has 1 unspecified atom stereocenters. The van der Waals surface area contributed by atoms with Gasteiger partial charge in [0.2, 0.25) is 5.16 Å². The molecule has 0 radical (unpaired) electrons. The molecule has 0 bridgehead atoms. The van der Waals surface area contributed by atoms with Crippen LogP contribution in [-0.2, 0) is 31.0 Å². The maximum atomic E-state index is 12.9. The standard InChI is InChI=1S/C18H18N8O7S2/c1-25-18(22-23-24-25)35-6-7-5-34-16-10(15(30)26(16)11(7)17(31)32)21-13(28)9(8-3-2-4-33-8)20-14(29)12(19)27/h2-4,9-10,16H,5-6H2,1H3,(H2,19,27)(H,20,29)(H,21,28)(H,31,32)/t9?,10-,16-/m1/s1. The van der Waals surface area contributed by atoms with Crippen LogP contribution in [0.2, 0.25) is 0 Å². The highest BCUT2D eigenvalue weighted by molar-refractivity contribution is 8.01. The predicted molar refractivity (Wildman–Crippen MR) is 118 cm³/mol. The molecular weight excluding hydrogens is 504 g/mol. The molecule has 2 aromatic heterocycles. The molecule has 4 heterocycles. The lowest BCUT2D eigenvalue weighted by atomic mass is 10.0. The number of furan rings is 1. The maximum Gasteiger partial charge on any atom is 0.352 e. The van der Waals surface area contributed by atoms with Crippen molar-refractivity contribution in [1.29, 1.82) is 0 Å². The molecule has 1 saturated heterocycles. The highest BCUT2D eigenvalue weighted by atomic mass is 32.2. The van der Waals surface area contributed by atoms with Crippen molar-refractivity contribution in [2.45, 2.75) is 22.6 Å². The number of amides is 4. The summed E-state index contributed by atoms with van der Waals surface area (Å²) >= 11 is 2.51. The van der Waals surface area contributed by atoms with Crippen molar-refractivity contribution in [2.75, 3.05) is 11.5 Å². The zero-order valence-electron chi connectivity index (χ0n) is 17.9. The van der Waals surface area contributed by atoms with Crippen LogP contribution in [0, 0.1) is 0 Å². The minimum absolute atomic E-state index is 0.0146. The van der Waals surface area contributed by atoms with Gasteiger partial charge in [0.1, 0.15) is 22.9 Å². The molecule has 184 valence electrons. The van der Waals surface area contributed by atoms with E-state index in [1.54, 1.807) is 7.05 Å². The van der Waals surface area contributed by atoms with Gasteiger partial charge in [-0.1, -0.05) is 11.8 Å². The Bertz CT molecular complexity index is 1230. The summed E-state index contributed by atoms with van der Waals surface area (Å²) in [6, 6.07) is 0.390. The fraction of sp³-hybridized carbons (Fsp3) is 0.333. The second kappa shape index (κ2) is 9.79. The average molecular weight is 523 g/mol. The van der Waals surface area contributed by atoms with Gasteiger partial charge in [-0.25, -0.2) is 9.48 Å². The van der Waals surface area contributed by atoms with Crippen molar-refractivity contribution in [3.63, 3.8) is 0 Å². The molecule has 17 heteroatoms. The van der Waals surface area contributed by atoms with Crippen LogP contribution in [0.25, 0.3) is 0 Å². The molecule has 2 aliphatic rings. The Morgan fingerprint density at radius 3 is 2.77 bits per heavy atom. The number of aliphatic carboxylic acids is 1. The minimum atomic E-state index is -1.43. The fourth-order valence-electron chi connectivity index (χ4n) is 3.45. The lowest BCUT2D eigenvalue weighted by molar-refractivity contribution is -0.151. The van der Waals surface area contributed by atoms with Gasteiger partial charge in [-0.3, -0.25) is 24.1 Å². The van der Waals surface area contributed by atoms with Crippen LogP contribution < -0.4 is 16.4 Å². The number of thioether (sulfide) groups is 2. The SMILES string of the molecule is Cn1nnnc1SCC1=C(C(=O)O)N2C(=O)[C@@H](NC(=O)C(NC(=O)C(N)=O)c3ccco3)[C@H]2SC1. The quantitative estimate of drug-likeness (QED) is 0.168. The summed E-state index contributed by atoms with van der Waals surface area (Å²) in [5.74, 6) is -4.70. The lowest BCUT2D eigenvalue weighted by Crippen LogP contribution is -2.71. The van der Waals surface area contributed by atoms with Crippen LogP contribution in [0.4, 0.5) is 0 Å². The molecule has 0 spiro atoms. The van der Waals surface area contributed by atoms with E-state index < -0.39 is 47.1 Å². The van der Waals surface area contributed by atoms with E-state index in [0.717, 1.165) is 4.90 Å². The van der Waals surface area contributed by atoms with E-state index in [1.165, 1.54) is 46.6 Å². The number of primary amides is 1. The Hall–Kier alpha value is -3.86. The molecule has 35 heavy (non-hydrogen) atoms. The third kappa shape index (κ3) is 4.72. The number of hydrogen-bond donors (Lipinski definition) is 4. The molecular formula is C18H18N8O7S2. The monoisotopic (exact) mass is 522 g/mol. The summed E-state index contributed by atoms with van der Waals surface area (Å²) in [7, 11) is 1.65. The first-order valence-corrected chi connectivity index (χ1v) is 11.9. The van der Waals surface area contributed by atoms with Crippen LogP contribution in [0.5, 0.6) is 0 Å². The summed E-state index contributed by atoms with van der Waals surface area (Å²) in [4.78, 5) is 61.8. The highest BCUT2D eigenvalue weighted by Gasteiger charge is 2.54. The number of nitrogens with zero attached hydrogens (tertiary/aromatic N) is 5. The molecule has 2 aliphatic heterocycles. The topological polar surface area (TPSA) is 216 Å². The maximum absolute atomic E-state index is 12.9. The normalized spacial score (nSPS) is 20.0. The van der Waals surface area contributed by atoms with E-state index >= 15 is 0 Å². The lowest BCUT2D eigenvalue weighted by Gasteiger charge is -2.49. The Balaban J connectivity index is 1.49. The average Bonchev–Trinajstić information content (AvgIpc) is 3.50. The van der Waals surface area contributed by atoms with Gasteiger partial charge in [0.25, 0.3) is 11.8 Å². The van der Waals surface area contributed by atoms with Crippen molar-refractivity contribution in [1.82, 2.24) is 35.7 Å². The van der Waals surface area contributed by atoms with Gasteiger partial charge in [-0.05, 0) is 28.1 Å². The van der Waals surface area contributed by atoms with Crippen LogP contribution in [-0.4, -0.2) is 82.7 Å². The first-order chi connectivity index (χ1) is 16.7. The van der Waals surface area contributed by atoms with Gasteiger partial charge < -0.3 is 25.9 Å². The van der Waals surface area contributed by atoms with Crippen LogP contribution in [0.15, 0.2) is 39.2 Å². The highest BCUT2D eigenvalue weighted by Crippen LogP contribution is 2.41. The van der Waals surface area contributed by atoms with Crippen LogP contribution in [0.1, 0.15) is 11.8 Å². The number of carbonyl (C=O) groups is 5. The first kappa shape index (κ1) is 24.3. The molecule has 2 aromatic rings. The summed E-state index contributed by atoms with van der Waals surface area (Å²) in [5.41, 5.74) is 5.30. The number of fused-ring (bicyclic) bond motifs is 1. The van der Waals surface area contributed by atoms with Gasteiger partial charge >= 0.3 is 17.8 Å². The molecule has 15 nitrogen and oxygen atoms in total. The number of rotatable bonds is 8. The van der Waals surface area contributed by atoms with E-state index in [-0.39, 0.29) is 17.2 Å². The van der Waals surface area contributed by atoms with E-state index in [2.05, 4.69) is 26.2 Å². The van der Waals surface area contributed by atoms with Crippen molar-refractivity contribution in [3.05, 3.63) is 35.4 Å². The number of carboxylic acid groups (broad SMARTS) is 1. The van der Waals surface area contributed by atoms with Crippen molar-refractivity contribution >= 4 is 53.1 Å². The zero-order chi connectivity index (χ0) is 25.3. The predicted octanol–water partition coefficient (Wildman–Crippen LogP) is -2.02. The van der Waals surface area contributed by atoms with Crippen LogP contribution >= 0.6 is 23.5 Å². The number of nitrogens with one attached hydrogen (secondary N) is 2. The number of tetrazole rings is 1. The van der Waals surface area contributed by atoms with Crippen molar-refractivity contribution < 1.29 is 33.5 Å². The molecule has 0 aliphatic carbocycles. The number of nitrogens with two attached hydrogens (primary N) is 1. The van der Waals surface area contributed by atoms with E-state index in [4.69, 9.17) is 10.2 Å². The summed E-state index contributed by atoms with van der Waals surface area (Å²) in [6.45, 7) is 0. The number of carbonyl (C=O) groups excluding carboxylic acids is 4. The number of hydrogen-bond acceptors (Lipinski definition) is 11. The molecule has 5 N–H and O–H groups in total. The molecule has 0 saturated carbocycles. The summed E-state index contributed by atoms with van der Waals surface area (Å²) in [5, 5.41) is 25.3. The van der Waals surface area contributed by atoms with Crippen LogP contribution in [0.3, 0.4) is 0 Å². The fourth-order valence-corrected chi connectivity index (χ4v) is 5.78. The van der Waals surface area contributed by atoms with E-state index in [0.29, 0.717) is 16.5 Å². The van der Waals surface area contributed by atoms with Gasteiger partial charge in [0.15, 0.2) is 6.04 Å². The summed E-state index contributed by atoms with van der Waals surface area (Å²) < 4.78 is 6.60. The van der Waals surface area contributed by atoms with Gasteiger partial charge in [0.05, 0.1) is 6.26 Å². The third-order valence-electron chi connectivity index (χ3n) is 5.09. The Morgan fingerprint density at radius 2 is 2.17 bits per heavy atom. The molecule has 4 rings (SSSR count). The minimum Gasteiger partial charge on any atom is -0.477 e. The van der Waals surface area contributed by atoms with Gasteiger partial charge in [-0.2, -0.15) is 0 Å². The van der Waals surface area contributed by atoms with E-state index in [9.17, 15) is 29.1 Å². The largest absolute Gasteiger partial charge is 0.477 e. The van der Waals surface area contributed by atoms with Gasteiger partial charge in [0, 0.05) is 18.6 Å². The second-order valence-electron chi connectivity index (χ2n) is 7.31. The van der Waals surface area contributed by atoms with Gasteiger partial charge in [-0.15, -0.1) is 16.9 Å². The molecule has 3 atom stereocenters. The number of β-lactam (4-membered cyclic amide) rings is 1. The van der Waals surface area contributed by atoms with E-state index in [1.807, 2.05) is 0 Å². The first-order valence-electron chi connectivity index (χ1n) is 9.88. The Morgan fingerprint density at radius 1 is 1.40 bits per heavy atom. The van der Waals surface area contributed by atoms with Crippen molar-refractivity contribution in [3.8, 4) is 0 Å². The zero-order valence-corrected chi connectivity index (χ0v) is 19.5. The third-order valence-corrected chi connectivity index (χ3v) is 7.53. The smallest absolute Gasteiger partial charge is 0.352 e. The Kier molecular flexibility index (Phi) is 6.79. The summed E-state index contributed by atoms with van der Waals surface area (Å²) in [6.07, 6.45) is 1.26. The number of carboxylic acids is 1. The Labute approximate surface area is 204 Å². The number of aryl methyl sites for hydroxylation is 1. The molecule has 0 aromatic carbocycles. The molecule has 4 amide bonds.